The van der Waals surface area contributed by atoms with Crippen LogP contribution in [-0.2, 0) is 46.5 Å². The van der Waals surface area contributed by atoms with E-state index in [0.717, 1.165) is 11.1 Å². The predicted octanol–water partition coefficient (Wildman–Crippen LogP) is 0.368. The molecule has 3 saturated heterocycles. The van der Waals surface area contributed by atoms with Crippen molar-refractivity contribution >= 4 is 29.8 Å². The van der Waals surface area contributed by atoms with Crippen LogP contribution in [0, 0.1) is 5.41 Å². The second-order valence-electron chi connectivity index (χ2n) is 11.8. The van der Waals surface area contributed by atoms with Gasteiger partial charge < -0.3 is 34.9 Å². The number of nitrogens with zero attached hydrogens (tertiary/aromatic N) is 2. The molecule has 0 unspecified atom stereocenters. The lowest BCUT2D eigenvalue weighted by molar-refractivity contribution is -0.201. The van der Waals surface area contributed by atoms with Crippen molar-refractivity contribution in [1.82, 2.24) is 20.6 Å². The first-order chi connectivity index (χ1) is 21.7. The second-order valence-corrected chi connectivity index (χ2v) is 11.8. The van der Waals surface area contributed by atoms with E-state index < -0.39 is 41.8 Å². The summed E-state index contributed by atoms with van der Waals surface area (Å²) in [5.74, 6) is -1.45. The predicted molar refractivity (Wildman–Crippen MR) is 158 cm³/mol. The number of nitrogens with one attached hydrogen (secondary N) is 2. The number of hydrogen-bond donors (Lipinski definition) is 3. The molecule has 2 aromatic rings. The number of amides is 3. The van der Waals surface area contributed by atoms with Crippen LogP contribution in [0.15, 0.2) is 54.6 Å². The molecule has 3 heterocycles. The Labute approximate surface area is 260 Å². The minimum Gasteiger partial charge on any atom is -0.458 e. The highest BCUT2D eigenvalue weighted by molar-refractivity contribution is 5.95. The van der Waals surface area contributed by atoms with E-state index in [1.807, 2.05) is 24.3 Å². The molecule has 238 valence electrons. The standard InChI is InChI=1S/C32H36N4O9/c1-35(2)24(38)10-9-19-5-3-7-21(13-19)17-36-27-30(40)44-23-15-32(27,28(45-36)26-25(23)42-18-43-26)31(41)34-16-20-6-4-8-22(14-20)29(39)33-11-12-37/h3-10,13-14,23,25-28,37H,11-12,15-18H2,1-2H3,(H,33,39)(H,34,41)/t23-,25-,26-,27-,28+,32-/m0/s1. The van der Waals surface area contributed by atoms with Crippen molar-refractivity contribution in [2.75, 3.05) is 34.0 Å². The van der Waals surface area contributed by atoms with E-state index in [-0.39, 0.29) is 57.2 Å². The van der Waals surface area contributed by atoms with Crippen molar-refractivity contribution in [3.63, 3.8) is 0 Å². The van der Waals surface area contributed by atoms with Crippen LogP contribution in [0.2, 0.25) is 0 Å². The fourth-order valence-corrected chi connectivity index (χ4v) is 6.57. The first kappa shape index (κ1) is 30.9. The van der Waals surface area contributed by atoms with Crippen LogP contribution in [0.5, 0.6) is 0 Å². The maximum atomic E-state index is 14.2. The molecule has 1 aliphatic carbocycles. The molecule has 13 nitrogen and oxygen atoms in total. The van der Waals surface area contributed by atoms with Crippen molar-refractivity contribution in [1.29, 1.82) is 0 Å². The van der Waals surface area contributed by atoms with Gasteiger partial charge in [0.15, 0.2) is 6.04 Å². The zero-order valence-corrected chi connectivity index (χ0v) is 25.0. The third-order valence-corrected chi connectivity index (χ3v) is 8.68. The summed E-state index contributed by atoms with van der Waals surface area (Å²) >= 11 is 0. The molecule has 45 heavy (non-hydrogen) atoms. The number of hydroxylamine groups is 2. The Morgan fingerprint density at radius 2 is 1.84 bits per heavy atom. The number of benzene rings is 2. The molecule has 13 heteroatoms. The van der Waals surface area contributed by atoms with E-state index in [1.54, 1.807) is 44.4 Å². The van der Waals surface area contributed by atoms with Gasteiger partial charge in [-0.05, 0) is 34.9 Å². The highest BCUT2D eigenvalue weighted by Crippen LogP contribution is 2.55. The van der Waals surface area contributed by atoms with Gasteiger partial charge in [0.25, 0.3) is 5.91 Å². The summed E-state index contributed by atoms with van der Waals surface area (Å²) < 4.78 is 17.5. The van der Waals surface area contributed by atoms with E-state index >= 15 is 0 Å². The van der Waals surface area contributed by atoms with Crippen LogP contribution >= 0.6 is 0 Å². The molecule has 0 spiro atoms. The summed E-state index contributed by atoms with van der Waals surface area (Å²) in [7, 11) is 3.35. The first-order valence-electron chi connectivity index (χ1n) is 14.8. The van der Waals surface area contributed by atoms with E-state index in [0.29, 0.717) is 11.1 Å². The Hall–Kier alpha value is -4.14. The molecular weight excluding hydrogens is 584 g/mol. The van der Waals surface area contributed by atoms with Crippen LogP contribution < -0.4 is 10.6 Å². The normalized spacial score (nSPS) is 28.4. The monoisotopic (exact) mass is 620 g/mol. The molecule has 6 atom stereocenters. The Bertz CT molecular complexity index is 1510. The topological polar surface area (TPSA) is 156 Å². The Morgan fingerprint density at radius 1 is 1.07 bits per heavy atom. The number of likely N-dealkylation sites (N-methyl/N-ethyl adjacent to an activating group) is 1. The maximum Gasteiger partial charge on any atom is 0.327 e. The first-order valence-corrected chi connectivity index (χ1v) is 14.8. The number of rotatable bonds is 10. The zero-order chi connectivity index (χ0) is 31.7. The number of carbonyl (C=O) groups excluding carboxylic acids is 4. The number of esters is 1. The Morgan fingerprint density at radius 3 is 2.64 bits per heavy atom. The summed E-state index contributed by atoms with van der Waals surface area (Å²) in [6.07, 6.45) is 0.720. The fraction of sp³-hybridized carbons (Fsp3) is 0.438. The van der Waals surface area contributed by atoms with Crippen molar-refractivity contribution in [2.45, 2.75) is 50.0 Å². The smallest absolute Gasteiger partial charge is 0.327 e. The lowest BCUT2D eigenvalue weighted by atomic mass is 9.62. The molecule has 3 amide bonds. The number of hydrogen-bond acceptors (Lipinski definition) is 10. The summed E-state index contributed by atoms with van der Waals surface area (Å²) in [6.45, 7) is 0.223. The van der Waals surface area contributed by atoms with Gasteiger partial charge in [0, 0.05) is 45.2 Å². The van der Waals surface area contributed by atoms with Gasteiger partial charge >= 0.3 is 5.97 Å². The molecule has 6 rings (SSSR count). The number of ether oxygens (including phenoxy) is 3. The maximum absolute atomic E-state index is 14.2. The Kier molecular flexibility index (Phi) is 8.71. The average molecular weight is 621 g/mol. The van der Waals surface area contributed by atoms with Gasteiger partial charge in [-0.2, -0.15) is 5.06 Å². The third kappa shape index (κ3) is 5.85. The number of aliphatic hydroxyl groups excluding tert-OH is 1. The van der Waals surface area contributed by atoms with Gasteiger partial charge in [0.05, 0.1) is 13.2 Å². The van der Waals surface area contributed by atoms with Gasteiger partial charge in [-0.3, -0.25) is 24.0 Å². The summed E-state index contributed by atoms with van der Waals surface area (Å²) in [6, 6.07) is 13.2. The van der Waals surface area contributed by atoms with Crippen LogP contribution in [0.1, 0.15) is 33.5 Å². The summed E-state index contributed by atoms with van der Waals surface area (Å²) in [5.41, 5.74) is 1.35. The van der Waals surface area contributed by atoms with Gasteiger partial charge in [0.1, 0.15) is 36.6 Å². The molecule has 4 fully saturated rings. The number of carbonyl (C=O) groups is 4. The zero-order valence-electron chi connectivity index (χ0n) is 25.0. The molecule has 0 aromatic heterocycles. The molecular formula is C32H36N4O9. The van der Waals surface area contributed by atoms with Gasteiger partial charge in [0.2, 0.25) is 11.8 Å². The molecule has 4 aliphatic rings. The van der Waals surface area contributed by atoms with E-state index in [9.17, 15) is 19.2 Å². The van der Waals surface area contributed by atoms with Gasteiger partial charge in [-0.15, -0.1) is 0 Å². The number of aliphatic hydroxyl groups is 1. The SMILES string of the molecule is CN(C)C(=O)C=Cc1cccc(CN2O[C@@H]3[C@H]4OCO[C@H]4[C@@H]4C[C@]3(C(=O)NCc3cccc(C(=O)NCCO)c3)[C@@H]2C(=O)O4)c1. The van der Waals surface area contributed by atoms with Crippen LogP contribution in [0.4, 0.5) is 0 Å². The molecule has 2 aromatic carbocycles. The van der Waals surface area contributed by atoms with Gasteiger partial charge in [-0.25, -0.2) is 0 Å². The van der Waals surface area contributed by atoms with Crippen LogP contribution in [0.25, 0.3) is 6.08 Å². The lowest BCUT2D eigenvalue weighted by Crippen LogP contribution is -2.69. The molecule has 3 N–H and O–H groups in total. The van der Waals surface area contributed by atoms with Crippen molar-refractivity contribution < 1.29 is 43.3 Å². The quantitative estimate of drug-likeness (QED) is 0.251. The average Bonchev–Trinajstić information content (AvgIpc) is 3.66. The summed E-state index contributed by atoms with van der Waals surface area (Å²) in [5, 5.41) is 16.1. The third-order valence-electron chi connectivity index (χ3n) is 8.68. The van der Waals surface area contributed by atoms with Gasteiger partial charge in [-0.1, -0.05) is 36.4 Å². The fourth-order valence-electron chi connectivity index (χ4n) is 6.57. The Balaban J connectivity index is 1.25. The van der Waals surface area contributed by atoms with Crippen LogP contribution in [0.3, 0.4) is 0 Å². The number of fused-ring (bicyclic) bond motifs is 4. The highest BCUT2D eigenvalue weighted by Gasteiger charge is 2.74. The highest BCUT2D eigenvalue weighted by atomic mass is 16.8. The minimum absolute atomic E-state index is 0.00318. The molecule has 0 radical (unpaired) electrons. The van der Waals surface area contributed by atoms with Crippen LogP contribution in [-0.4, -0.2) is 103 Å². The molecule has 1 saturated carbocycles. The second kappa shape index (κ2) is 12.7. The minimum atomic E-state index is -1.32. The largest absolute Gasteiger partial charge is 0.458 e. The van der Waals surface area contributed by atoms with E-state index in [1.165, 1.54) is 16.0 Å². The van der Waals surface area contributed by atoms with E-state index in [2.05, 4.69) is 10.6 Å². The summed E-state index contributed by atoms with van der Waals surface area (Å²) in [4.78, 5) is 60.2. The van der Waals surface area contributed by atoms with Crippen molar-refractivity contribution in [3.8, 4) is 0 Å². The van der Waals surface area contributed by atoms with Crippen molar-refractivity contribution in [2.24, 2.45) is 5.41 Å². The van der Waals surface area contributed by atoms with E-state index in [4.69, 9.17) is 24.2 Å². The van der Waals surface area contributed by atoms with Crippen molar-refractivity contribution in [3.05, 3.63) is 76.9 Å². The molecule has 2 bridgehead atoms. The molecule has 3 aliphatic heterocycles. The lowest BCUT2D eigenvalue weighted by Gasteiger charge is -2.48.